The van der Waals surface area contributed by atoms with Crippen molar-refractivity contribution >= 4 is 41.3 Å². The first-order valence-electron chi connectivity index (χ1n) is 9.15. The topological polar surface area (TPSA) is 74.9 Å². The predicted molar refractivity (Wildman–Crippen MR) is 120 cm³/mol. The molecule has 0 aliphatic carbocycles. The molecule has 0 spiro atoms. The third kappa shape index (κ3) is 7.40. The first-order chi connectivity index (χ1) is 12.8. The van der Waals surface area contributed by atoms with Crippen molar-refractivity contribution < 1.29 is 9.15 Å². The lowest BCUT2D eigenvalue weighted by atomic mass is 10.3. The van der Waals surface area contributed by atoms with E-state index < -0.39 is 0 Å². The van der Waals surface area contributed by atoms with Gasteiger partial charge in [-0.25, -0.2) is 9.98 Å². The normalized spacial score (nSPS) is 15.4. The van der Waals surface area contributed by atoms with Crippen LogP contribution in [0.2, 0.25) is 0 Å². The number of aromatic nitrogens is 1. The van der Waals surface area contributed by atoms with Crippen LogP contribution in [0.4, 0.5) is 0 Å². The van der Waals surface area contributed by atoms with Gasteiger partial charge in [0.2, 0.25) is 5.89 Å². The van der Waals surface area contributed by atoms with Crippen LogP contribution in [-0.4, -0.2) is 61.8 Å². The van der Waals surface area contributed by atoms with Crippen LogP contribution in [0, 0.1) is 0 Å². The van der Waals surface area contributed by atoms with Crippen LogP contribution in [0.25, 0.3) is 10.8 Å². The molecule has 1 saturated heterocycles. The van der Waals surface area contributed by atoms with E-state index in [4.69, 9.17) is 9.15 Å². The quantitative estimate of drug-likeness (QED) is 0.249. The maximum absolute atomic E-state index is 5.54. The van der Waals surface area contributed by atoms with Gasteiger partial charge in [0, 0.05) is 26.2 Å². The van der Waals surface area contributed by atoms with E-state index in [1.54, 1.807) is 17.6 Å². The van der Waals surface area contributed by atoms with Gasteiger partial charge in [-0.3, -0.25) is 4.90 Å². The molecule has 2 aromatic heterocycles. The van der Waals surface area contributed by atoms with Crippen molar-refractivity contribution in [2.45, 2.75) is 19.9 Å². The Bertz CT molecular complexity index is 671. The SMILES string of the molecule is CCNC(=NCc1coc(-c2cccs2)n1)NCCCN1CCOCC1.I. The summed E-state index contributed by atoms with van der Waals surface area (Å²) in [4.78, 5) is 12.6. The molecule has 27 heavy (non-hydrogen) atoms. The molecule has 1 aliphatic rings. The summed E-state index contributed by atoms with van der Waals surface area (Å²) in [5.74, 6) is 1.48. The predicted octanol–water partition coefficient (Wildman–Crippen LogP) is 2.80. The molecular formula is C18H28IN5O2S. The summed E-state index contributed by atoms with van der Waals surface area (Å²) in [5, 5.41) is 8.68. The maximum Gasteiger partial charge on any atom is 0.236 e. The average molecular weight is 505 g/mol. The molecule has 3 rings (SSSR count). The molecule has 0 amide bonds. The largest absolute Gasteiger partial charge is 0.443 e. The van der Waals surface area contributed by atoms with E-state index in [1.165, 1.54) is 0 Å². The Morgan fingerprint density at radius 3 is 2.93 bits per heavy atom. The monoisotopic (exact) mass is 505 g/mol. The van der Waals surface area contributed by atoms with Crippen molar-refractivity contribution in [1.29, 1.82) is 0 Å². The van der Waals surface area contributed by atoms with Crippen molar-refractivity contribution in [3.8, 4) is 10.8 Å². The summed E-state index contributed by atoms with van der Waals surface area (Å²) >= 11 is 1.62. The van der Waals surface area contributed by atoms with Gasteiger partial charge in [-0.2, -0.15) is 0 Å². The van der Waals surface area contributed by atoms with Gasteiger partial charge in [0.05, 0.1) is 24.6 Å². The van der Waals surface area contributed by atoms with Gasteiger partial charge >= 0.3 is 0 Å². The number of hydrogen-bond acceptors (Lipinski definition) is 6. The summed E-state index contributed by atoms with van der Waals surface area (Å²) in [7, 11) is 0. The van der Waals surface area contributed by atoms with E-state index >= 15 is 0 Å². The molecule has 3 heterocycles. The number of rotatable bonds is 8. The minimum absolute atomic E-state index is 0. The van der Waals surface area contributed by atoms with Gasteiger partial charge in [-0.1, -0.05) is 6.07 Å². The van der Waals surface area contributed by atoms with Crippen molar-refractivity contribution in [2.24, 2.45) is 4.99 Å². The molecule has 2 N–H and O–H groups in total. The van der Waals surface area contributed by atoms with Gasteiger partial charge in [0.25, 0.3) is 0 Å². The maximum atomic E-state index is 5.54. The number of ether oxygens (including phenoxy) is 1. The van der Waals surface area contributed by atoms with E-state index in [1.807, 2.05) is 17.5 Å². The molecule has 9 heteroatoms. The number of thiophene rings is 1. The number of oxazole rings is 1. The second-order valence-electron chi connectivity index (χ2n) is 6.05. The fourth-order valence-corrected chi connectivity index (χ4v) is 3.38. The molecule has 1 fully saturated rings. The van der Waals surface area contributed by atoms with Gasteiger partial charge in [0.1, 0.15) is 12.0 Å². The molecule has 0 saturated carbocycles. The fraction of sp³-hybridized carbons (Fsp3) is 0.556. The molecule has 0 aromatic carbocycles. The number of morpholine rings is 1. The summed E-state index contributed by atoms with van der Waals surface area (Å²) in [6.07, 6.45) is 2.76. The van der Waals surface area contributed by atoms with Gasteiger partial charge < -0.3 is 19.8 Å². The number of aliphatic imine (C=N–C) groups is 1. The van der Waals surface area contributed by atoms with E-state index in [2.05, 4.69) is 32.4 Å². The van der Waals surface area contributed by atoms with Crippen LogP contribution in [0.1, 0.15) is 19.0 Å². The molecule has 0 unspecified atom stereocenters. The first-order valence-corrected chi connectivity index (χ1v) is 10.0. The Hall–Kier alpha value is -1.17. The van der Waals surface area contributed by atoms with Crippen molar-refractivity contribution in [1.82, 2.24) is 20.5 Å². The number of nitrogens with zero attached hydrogens (tertiary/aromatic N) is 3. The molecule has 0 atom stereocenters. The van der Waals surface area contributed by atoms with Gasteiger partial charge in [-0.05, 0) is 31.3 Å². The zero-order valence-corrected chi connectivity index (χ0v) is 18.8. The second-order valence-corrected chi connectivity index (χ2v) is 7.00. The van der Waals surface area contributed by atoms with E-state index in [9.17, 15) is 0 Å². The molecule has 2 aromatic rings. The highest BCUT2D eigenvalue weighted by atomic mass is 127. The zero-order chi connectivity index (χ0) is 18.0. The minimum Gasteiger partial charge on any atom is -0.443 e. The van der Waals surface area contributed by atoms with Crippen molar-refractivity contribution in [3.05, 3.63) is 29.5 Å². The zero-order valence-electron chi connectivity index (χ0n) is 15.6. The second kappa shape index (κ2) is 12.3. The Morgan fingerprint density at radius 2 is 2.19 bits per heavy atom. The Labute approximate surface area is 181 Å². The van der Waals surface area contributed by atoms with Crippen LogP contribution in [-0.2, 0) is 11.3 Å². The highest BCUT2D eigenvalue weighted by molar-refractivity contribution is 14.0. The third-order valence-corrected chi connectivity index (χ3v) is 4.93. The van der Waals surface area contributed by atoms with Crippen LogP contribution >= 0.6 is 35.3 Å². The van der Waals surface area contributed by atoms with Crippen LogP contribution in [0.3, 0.4) is 0 Å². The van der Waals surface area contributed by atoms with Gasteiger partial charge in [-0.15, -0.1) is 35.3 Å². The van der Waals surface area contributed by atoms with E-state index in [0.717, 1.165) is 68.9 Å². The Kier molecular flexibility index (Phi) is 10.1. The molecule has 7 nitrogen and oxygen atoms in total. The molecule has 0 radical (unpaired) electrons. The number of hydrogen-bond donors (Lipinski definition) is 2. The van der Waals surface area contributed by atoms with Crippen LogP contribution in [0.5, 0.6) is 0 Å². The molecule has 0 bridgehead atoms. The lowest BCUT2D eigenvalue weighted by Crippen LogP contribution is -2.40. The van der Waals surface area contributed by atoms with Crippen LogP contribution in [0.15, 0.2) is 33.2 Å². The minimum atomic E-state index is 0. The van der Waals surface area contributed by atoms with E-state index in [-0.39, 0.29) is 24.0 Å². The highest BCUT2D eigenvalue weighted by Gasteiger charge is 2.10. The fourth-order valence-electron chi connectivity index (χ4n) is 2.73. The Morgan fingerprint density at radius 1 is 1.33 bits per heavy atom. The first kappa shape index (κ1) is 22.1. The smallest absolute Gasteiger partial charge is 0.236 e. The number of halogens is 1. The summed E-state index contributed by atoms with van der Waals surface area (Å²) in [6, 6.07) is 4.00. The summed E-state index contributed by atoms with van der Waals surface area (Å²) < 4.78 is 10.9. The average Bonchev–Trinajstić information content (AvgIpc) is 3.35. The lowest BCUT2D eigenvalue weighted by molar-refractivity contribution is 0.0376. The number of nitrogens with one attached hydrogen (secondary N) is 2. The highest BCUT2D eigenvalue weighted by Crippen LogP contribution is 2.23. The van der Waals surface area contributed by atoms with Crippen LogP contribution < -0.4 is 10.6 Å². The lowest BCUT2D eigenvalue weighted by Gasteiger charge is -2.26. The molecule has 150 valence electrons. The summed E-state index contributed by atoms with van der Waals surface area (Å²) in [6.45, 7) is 9.13. The number of guanidine groups is 1. The van der Waals surface area contributed by atoms with Crippen molar-refractivity contribution in [3.63, 3.8) is 0 Å². The van der Waals surface area contributed by atoms with Crippen molar-refractivity contribution in [2.75, 3.05) is 45.9 Å². The van der Waals surface area contributed by atoms with E-state index in [0.29, 0.717) is 12.4 Å². The molecule has 1 aliphatic heterocycles. The standard InChI is InChI=1S/C18H27N5O2S.HI/c1-2-19-18(20-6-4-7-23-8-10-24-11-9-23)21-13-15-14-25-17(22-15)16-5-3-12-26-16;/h3,5,12,14H,2,4,6-11,13H2,1H3,(H2,19,20,21);1H. The Balaban J connectivity index is 0.00000261. The van der Waals surface area contributed by atoms with Gasteiger partial charge in [0.15, 0.2) is 5.96 Å². The molecular weight excluding hydrogens is 477 g/mol. The summed E-state index contributed by atoms with van der Waals surface area (Å²) in [5.41, 5.74) is 0.832. The third-order valence-electron chi connectivity index (χ3n) is 4.07.